The third-order valence-electron chi connectivity index (χ3n) is 1.87. The molecule has 0 spiro atoms. The van der Waals surface area contributed by atoms with Gasteiger partial charge in [-0.05, 0) is 14.1 Å². The summed E-state index contributed by atoms with van der Waals surface area (Å²) < 4.78 is 23.1. The second-order valence-electron chi connectivity index (χ2n) is 3.65. The van der Waals surface area contributed by atoms with Crippen molar-refractivity contribution in [2.75, 3.05) is 33.7 Å². The molecule has 1 unspecified atom stereocenters. The minimum Gasteiger partial charge on any atom is -0.480 e. The van der Waals surface area contributed by atoms with Crippen molar-refractivity contribution in [1.82, 2.24) is 9.21 Å². The van der Waals surface area contributed by atoms with Crippen LogP contribution in [0.4, 0.5) is 0 Å². The Balaban J connectivity index is 4.52. The van der Waals surface area contributed by atoms with Gasteiger partial charge < -0.3 is 15.7 Å². The van der Waals surface area contributed by atoms with Crippen molar-refractivity contribution in [2.24, 2.45) is 10.9 Å². The van der Waals surface area contributed by atoms with E-state index in [0.717, 1.165) is 4.31 Å². The molecule has 0 fully saturated rings. The lowest BCUT2D eigenvalue weighted by Gasteiger charge is -2.22. The van der Waals surface area contributed by atoms with Crippen molar-refractivity contribution in [3.05, 3.63) is 0 Å². The first-order valence-corrected chi connectivity index (χ1v) is 6.06. The molecule has 0 saturated carbocycles. The summed E-state index contributed by atoms with van der Waals surface area (Å²) >= 11 is 0. The fourth-order valence-electron chi connectivity index (χ4n) is 0.931. The van der Waals surface area contributed by atoms with Gasteiger partial charge in [-0.25, -0.2) is 5.14 Å². The topological polar surface area (TPSA) is 130 Å². The monoisotopic (exact) mass is 254 g/mol. The third-order valence-corrected chi connectivity index (χ3v) is 2.93. The average molecular weight is 254 g/mol. The van der Waals surface area contributed by atoms with Gasteiger partial charge in [-0.3, -0.25) is 4.79 Å². The van der Waals surface area contributed by atoms with Crippen molar-refractivity contribution in [3.8, 4) is 0 Å². The van der Waals surface area contributed by atoms with Crippen LogP contribution in [0, 0.1) is 0 Å². The van der Waals surface area contributed by atoms with Crippen LogP contribution >= 0.6 is 0 Å². The number of carbonyl (C=O) groups is 1. The molecular formula is C7H18N4O4S. The second-order valence-corrected chi connectivity index (χ2v) is 5.20. The van der Waals surface area contributed by atoms with Crippen LogP contribution < -0.4 is 10.9 Å². The average Bonchev–Trinajstić information content (AvgIpc) is 2.09. The number of carboxylic acid groups (broad SMARTS) is 1. The summed E-state index contributed by atoms with van der Waals surface area (Å²) in [7, 11) is -0.401. The van der Waals surface area contributed by atoms with E-state index in [1.807, 2.05) is 0 Å². The summed E-state index contributed by atoms with van der Waals surface area (Å²) in [5, 5.41) is 13.5. The normalized spacial score (nSPS) is 14.4. The lowest BCUT2D eigenvalue weighted by Crippen LogP contribution is -2.49. The molecule has 16 heavy (non-hydrogen) atoms. The highest BCUT2D eigenvalue weighted by molar-refractivity contribution is 7.86. The summed E-state index contributed by atoms with van der Waals surface area (Å²) in [6.07, 6.45) is 0. The van der Waals surface area contributed by atoms with E-state index >= 15 is 0 Å². The summed E-state index contributed by atoms with van der Waals surface area (Å²) in [6, 6.07) is -1.28. The standard InChI is InChI=1S/C7H18N4O4S/c1-10(2)3-4-11(16(9,14)15)5-6(8)7(12)13/h6H,3-5,8H2,1-2H3,(H,12,13)(H2,9,14,15). The molecule has 0 aromatic rings. The number of hydrogen-bond acceptors (Lipinski definition) is 5. The number of carboxylic acids is 1. The number of likely N-dealkylation sites (N-methyl/N-ethyl adjacent to an activating group) is 1. The molecule has 1 atom stereocenters. The van der Waals surface area contributed by atoms with Crippen LogP contribution in [0.1, 0.15) is 0 Å². The van der Waals surface area contributed by atoms with E-state index in [1.165, 1.54) is 0 Å². The number of hydrogen-bond donors (Lipinski definition) is 3. The fraction of sp³-hybridized carbons (Fsp3) is 0.857. The van der Waals surface area contributed by atoms with Gasteiger partial charge in [0.2, 0.25) is 0 Å². The highest BCUT2D eigenvalue weighted by atomic mass is 32.2. The molecule has 0 radical (unpaired) electrons. The molecule has 0 heterocycles. The molecule has 0 aliphatic rings. The smallest absolute Gasteiger partial charge is 0.321 e. The van der Waals surface area contributed by atoms with Crippen molar-refractivity contribution in [3.63, 3.8) is 0 Å². The first kappa shape index (κ1) is 15.3. The quantitative estimate of drug-likeness (QED) is 0.459. The number of nitrogens with two attached hydrogens (primary N) is 2. The number of aliphatic carboxylic acids is 1. The molecule has 0 aliphatic carbocycles. The Morgan fingerprint density at radius 1 is 1.38 bits per heavy atom. The third kappa shape index (κ3) is 5.98. The van der Waals surface area contributed by atoms with Gasteiger partial charge in [0.05, 0.1) is 0 Å². The summed E-state index contributed by atoms with van der Waals surface area (Å²) in [5.74, 6) is -1.27. The lowest BCUT2D eigenvalue weighted by molar-refractivity contribution is -0.138. The Kier molecular flexibility index (Phi) is 5.83. The fourth-order valence-corrected chi connectivity index (χ4v) is 1.64. The highest BCUT2D eigenvalue weighted by Crippen LogP contribution is 1.97. The second kappa shape index (κ2) is 6.11. The highest BCUT2D eigenvalue weighted by Gasteiger charge is 2.23. The van der Waals surface area contributed by atoms with E-state index < -0.39 is 22.2 Å². The molecule has 0 aromatic heterocycles. The van der Waals surface area contributed by atoms with Gasteiger partial charge in [-0.1, -0.05) is 0 Å². The van der Waals surface area contributed by atoms with E-state index in [0.29, 0.717) is 6.54 Å². The Hall–Kier alpha value is -0.740. The molecule has 8 nitrogen and oxygen atoms in total. The van der Waals surface area contributed by atoms with E-state index in [1.54, 1.807) is 19.0 Å². The van der Waals surface area contributed by atoms with Crippen LogP contribution in [0.15, 0.2) is 0 Å². The van der Waals surface area contributed by atoms with Crippen molar-refractivity contribution in [2.45, 2.75) is 6.04 Å². The molecule has 0 saturated heterocycles. The van der Waals surface area contributed by atoms with Gasteiger partial charge in [0.1, 0.15) is 6.04 Å². The largest absolute Gasteiger partial charge is 0.480 e. The molecule has 0 rings (SSSR count). The van der Waals surface area contributed by atoms with Crippen LogP contribution in [0.5, 0.6) is 0 Å². The van der Waals surface area contributed by atoms with E-state index in [9.17, 15) is 13.2 Å². The Morgan fingerprint density at radius 2 is 1.88 bits per heavy atom. The summed E-state index contributed by atoms with van der Waals surface area (Å²) in [4.78, 5) is 12.3. The van der Waals surface area contributed by atoms with Crippen molar-refractivity contribution >= 4 is 16.2 Å². The predicted molar refractivity (Wildman–Crippen MR) is 58.8 cm³/mol. The van der Waals surface area contributed by atoms with Gasteiger partial charge >= 0.3 is 5.97 Å². The van der Waals surface area contributed by atoms with Crippen molar-refractivity contribution in [1.29, 1.82) is 0 Å². The Morgan fingerprint density at radius 3 is 2.19 bits per heavy atom. The molecular weight excluding hydrogens is 236 g/mol. The van der Waals surface area contributed by atoms with Gasteiger partial charge in [0, 0.05) is 19.6 Å². The predicted octanol–water partition coefficient (Wildman–Crippen LogP) is -2.53. The van der Waals surface area contributed by atoms with Crippen LogP contribution in [-0.2, 0) is 15.0 Å². The SMILES string of the molecule is CN(C)CCN(CC(N)C(=O)O)S(N)(=O)=O. The van der Waals surface area contributed by atoms with Gasteiger partial charge in [-0.2, -0.15) is 12.7 Å². The molecule has 0 aliphatic heterocycles. The van der Waals surface area contributed by atoms with Crippen molar-refractivity contribution < 1.29 is 18.3 Å². The maximum absolute atomic E-state index is 11.1. The zero-order valence-electron chi connectivity index (χ0n) is 9.33. The maximum atomic E-state index is 11.1. The molecule has 96 valence electrons. The van der Waals surface area contributed by atoms with Crippen LogP contribution in [0.2, 0.25) is 0 Å². The van der Waals surface area contributed by atoms with Crippen LogP contribution in [0.3, 0.4) is 0 Å². The first-order chi connectivity index (χ1) is 7.14. The van der Waals surface area contributed by atoms with Gasteiger partial charge in [-0.15, -0.1) is 0 Å². The van der Waals surface area contributed by atoms with Gasteiger partial charge in [0.25, 0.3) is 10.2 Å². The summed E-state index contributed by atoms with van der Waals surface area (Å²) in [5.41, 5.74) is 5.25. The zero-order valence-corrected chi connectivity index (χ0v) is 10.1. The molecule has 5 N–H and O–H groups in total. The lowest BCUT2D eigenvalue weighted by atomic mass is 10.3. The molecule has 0 bridgehead atoms. The Labute approximate surface area is 95.0 Å². The Bertz CT molecular complexity index is 329. The van der Waals surface area contributed by atoms with E-state index in [-0.39, 0.29) is 13.1 Å². The number of nitrogens with zero attached hydrogens (tertiary/aromatic N) is 2. The minimum atomic E-state index is -3.93. The molecule has 9 heteroatoms. The van der Waals surface area contributed by atoms with Crippen LogP contribution in [0.25, 0.3) is 0 Å². The maximum Gasteiger partial charge on any atom is 0.321 e. The zero-order chi connectivity index (χ0) is 12.9. The van der Waals surface area contributed by atoms with Crippen LogP contribution in [-0.4, -0.2) is 68.5 Å². The minimum absolute atomic E-state index is 0.104. The number of rotatable bonds is 7. The first-order valence-electron chi connectivity index (χ1n) is 4.55. The van der Waals surface area contributed by atoms with Gasteiger partial charge in [0.15, 0.2) is 0 Å². The van der Waals surface area contributed by atoms with E-state index in [2.05, 4.69) is 0 Å². The summed E-state index contributed by atoms with van der Waals surface area (Å²) in [6.45, 7) is 0.206. The van der Waals surface area contributed by atoms with E-state index in [4.69, 9.17) is 16.0 Å². The molecule has 0 amide bonds. The molecule has 0 aromatic carbocycles.